The van der Waals surface area contributed by atoms with E-state index in [1.807, 2.05) is 0 Å². The minimum atomic E-state index is -0.539. The maximum Gasteiger partial charge on any atom is 0.252 e. The van der Waals surface area contributed by atoms with E-state index in [0.29, 0.717) is 11.3 Å². The SMILES string of the molecule is O=C(Cl)c1cccc(N=C(Cl)Cl)c1. The number of halogens is 3. The van der Waals surface area contributed by atoms with E-state index in [1.54, 1.807) is 18.2 Å². The Hall–Kier alpha value is -0.570. The molecule has 0 unspecified atom stereocenters. The zero-order chi connectivity index (χ0) is 9.84. The van der Waals surface area contributed by atoms with Crippen LogP contribution in [0.1, 0.15) is 10.4 Å². The van der Waals surface area contributed by atoms with E-state index in [2.05, 4.69) is 4.99 Å². The lowest BCUT2D eigenvalue weighted by Crippen LogP contribution is -1.86. The Kier molecular flexibility index (Phi) is 3.72. The van der Waals surface area contributed by atoms with Gasteiger partial charge in [-0.1, -0.05) is 6.07 Å². The molecule has 0 radical (unpaired) electrons. The lowest BCUT2D eigenvalue weighted by Gasteiger charge is -1.95. The maximum atomic E-state index is 10.7. The van der Waals surface area contributed by atoms with Gasteiger partial charge in [0.2, 0.25) is 0 Å². The third-order valence-corrected chi connectivity index (χ3v) is 1.67. The molecule has 0 saturated carbocycles. The van der Waals surface area contributed by atoms with Crippen molar-refractivity contribution in [2.45, 2.75) is 0 Å². The third-order valence-electron chi connectivity index (χ3n) is 1.29. The molecule has 0 amide bonds. The van der Waals surface area contributed by atoms with Crippen molar-refractivity contribution in [1.29, 1.82) is 0 Å². The Balaban J connectivity index is 3.06. The predicted octanol–water partition coefficient (Wildman–Crippen LogP) is 3.53. The smallest absolute Gasteiger partial charge is 0.252 e. The van der Waals surface area contributed by atoms with Crippen molar-refractivity contribution in [2.75, 3.05) is 0 Å². The van der Waals surface area contributed by atoms with Crippen LogP contribution in [0.25, 0.3) is 0 Å². The number of hydrogen-bond donors (Lipinski definition) is 0. The van der Waals surface area contributed by atoms with Crippen LogP contribution in [0.2, 0.25) is 0 Å². The molecule has 0 heterocycles. The number of nitrogens with zero attached hydrogens (tertiary/aromatic N) is 1. The average Bonchev–Trinajstić information content (AvgIpc) is 2.03. The summed E-state index contributed by atoms with van der Waals surface area (Å²) in [6.45, 7) is 0. The van der Waals surface area contributed by atoms with Crippen molar-refractivity contribution in [2.24, 2.45) is 4.99 Å². The summed E-state index contributed by atoms with van der Waals surface area (Å²) < 4.78 is -0.112. The molecular formula is C8H4Cl3NO. The highest BCUT2D eigenvalue weighted by molar-refractivity contribution is 6.95. The van der Waals surface area contributed by atoms with Crippen molar-refractivity contribution >= 4 is 50.4 Å². The van der Waals surface area contributed by atoms with Gasteiger partial charge in [-0.05, 0) is 53.0 Å². The van der Waals surface area contributed by atoms with Gasteiger partial charge in [0.05, 0.1) is 5.69 Å². The van der Waals surface area contributed by atoms with Crippen LogP contribution in [0.5, 0.6) is 0 Å². The van der Waals surface area contributed by atoms with E-state index in [0.717, 1.165) is 0 Å². The molecule has 1 aromatic rings. The summed E-state index contributed by atoms with van der Waals surface area (Å²) in [5, 5.41) is -0.539. The summed E-state index contributed by atoms with van der Waals surface area (Å²) in [5.74, 6) is 0. The highest BCUT2D eigenvalue weighted by Crippen LogP contribution is 2.17. The van der Waals surface area contributed by atoms with E-state index in [1.165, 1.54) is 6.07 Å². The van der Waals surface area contributed by atoms with E-state index in [4.69, 9.17) is 34.8 Å². The molecule has 0 spiro atoms. The van der Waals surface area contributed by atoms with E-state index in [-0.39, 0.29) is 4.63 Å². The molecule has 0 saturated heterocycles. The van der Waals surface area contributed by atoms with E-state index >= 15 is 0 Å². The van der Waals surface area contributed by atoms with Gasteiger partial charge in [-0.25, -0.2) is 4.99 Å². The van der Waals surface area contributed by atoms with Crippen LogP contribution >= 0.6 is 34.8 Å². The fourth-order valence-electron chi connectivity index (χ4n) is 0.795. The van der Waals surface area contributed by atoms with Gasteiger partial charge in [-0.15, -0.1) is 0 Å². The normalized spacial score (nSPS) is 9.46. The maximum absolute atomic E-state index is 10.7. The second-order valence-electron chi connectivity index (χ2n) is 2.18. The van der Waals surface area contributed by atoms with E-state index in [9.17, 15) is 4.79 Å². The Morgan fingerprint density at radius 2 is 1.92 bits per heavy atom. The highest BCUT2D eigenvalue weighted by Gasteiger charge is 2.01. The Bertz CT molecular complexity index is 358. The first kappa shape index (κ1) is 10.5. The van der Waals surface area contributed by atoms with Crippen LogP contribution in [0.15, 0.2) is 29.3 Å². The first-order valence-electron chi connectivity index (χ1n) is 3.29. The molecule has 0 atom stereocenters. The lowest BCUT2D eigenvalue weighted by atomic mass is 10.2. The predicted molar refractivity (Wildman–Crippen MR) is 55.4 cm³/mol. The first-order valence-corrected chi connectivity index (χ1v) is 4.42. The van der Waals surface area contributed by atoms with Crippen LogP contribution in [-0.2, 0) is 0 Å². The molecule has 0 aromatic heterocycles. The third kappa shape index (κ3) is 3.35. The molecule has 0 aliphatic carbocycles. The molecule has 1 aromatic carbocycles. The second-order valence-corrected chi connectivity index (χ2v) is 3.43. The van der Waals surface area contributed by atoms with Crippen LogP contribution in [0.4, 0.5) is 5.69 Å². The zero-order valence-corrected chi connectivity index (χ0v) is 8.57. The summed E-state index contributed by atoms with van der Waals surface area (Å²) in [6.07, 6.45) is 0. The van der Waals surface area contributed by atoms with Gasteiger partial charge in [0, 0.05) is 5.56 Å². The van der Waals surface area contributed by atoms with Gasteiger partial charge in [0.15, 0.2) is 4.63 Å². The standard InChI is InChI=1S/C8H4Cl3NO/c9-7(13)5-2-1-3-6(4-5)12-8(10)11/h1-4H. The minimum Gasteiger partial charge on any atom is -0.276 e. The Morgan fingerprint density at radius 3 is 2.46 bits per heavy atom. The Labute approximate surface area is 90.1 Å². The number of benzene rings is 1. The van der Waals surface area contributed by atoms with Gasteiger partial charge in [0.1, 0.15) is 0 Å². The van der Waals surface area contributed by atoms with Gasteiger partial charge >= 0.3 is 0 Å². The molecule has 2 nitrogen and oxygen atoms in total. The van der Waals surface area contributed by atoms with Gasteiger partial charge < -0.3 is 0 Å². The number of carbonyl (C=O) groups is 1. The first-order chi connectivity index (χ1) is 6.09. The quantitative estimate of drug-likeness (QED) is 0.570. The van der Waals surface area contributed by atoms with Crippen LogP contribution < -0.4 is 0 Å². The van der Waals surface area contributed by atoms with Gasteiger partial charge in [0.25, 0.3) is 5.24 Å². The molecule has 5 heteroatoms. The van der Waals surface area contributed by atoms with Gasteiger partial charge in [-0.2, -0.15) is 0 Å². The molecule has 0 N–H and O–H groups in total. The van der Waals surface area contributed by atoms with Crippen molar-refractivity contribution in [3.05, 3.63) is 29.8 Å². The summed E-state index contributed by atoms with van der Waals surface area (Å²) in [6, 6.07) is 6.38. The number of hydrogen-bond acceptors (Lipinski definition) is 2. The molecule has 0 fully saturated rings. The average molecular weight is 236 g/mol. The highest BCUT2D eigenvalue weighted by atomic mass is 35.5. The lowest BCUT2D eigenvalue weighted by molar-refractivity contribution is 0.108. The molecular weight excluding hydrogens is 232 g/mol. The molecule has 1 rings (SSSR count). The molecule has 0 aliphatic rings. The number of aliphatic imine (C=N–C) groups is 1. The van der Waals surface area contributed by atoms with Crippen LogP contribution in [0.3, 0.4) is 0 Å². The zero-order valence-electron chi connectivity index (χ0n) is 6.30. The van der Waals surface area contributed by atoms with Crippen molar-refractivity contribution < 1.29 is 4.79 Å². The summed E-state index contributed by atoms with van der Waals surface area (Å²) in [4.78, 5) is 14.5. The summed E-state index contributed by atoms with van der Waals surface area (Å²) >= 11 is 15.9. The number of carbonyl (C=O) groups excluding carboxylic acids is 1. The minimum absolute atomic E-state index is 0.112. The topological polar surface area (TPSA) is 29.4 Å². The number of rotatable bonds is 2. The van der Waals surface area contributed by atoms with Crippen molar-refractivity contribution in [1.82, 2.24) is 0 Å². The largest absolute Gasteiger partial charge is 0.276 e. The molecule has 68 valence electrons. The molecule has 0 bridgehead atoms. The van der Waals surface area contributed by atoms with Crippen molar-refractivity contribution in [3.63, 3.8) is 0 Å². The van der Waals surface area contributed by atoms with Crippen molar-refractivity contribution in [3.8, 4) is 0 Å². The van der Waals surface area contributed by atoms with Gasteiger partial charge in [-0.3, -0.25) is 4.79 Å². The fraction of sp³-hybridized carbons (Fsp3) is 0. The fourth-order valence-corrected chi connectivity index (χ4v) is 1.11. The van der Waals surface area contributed by atoms with E-state index < -0.39 is 5.24 Å². The van der Waals surface area contributed by atoms with Crippen LogP contribution in [-0.4, -0.2) is 9.87 Å². The summed E-state index contributed by atoms with van der Waals surface area (Å²) in [7, 11) is 0. The Morgan fingerprint density at radius 1 is 1.23 bits per heavy atom. The van der Waals surface area contributed by atoms with Crippen LogP contribution in [0, 0.1) is 0 Å². The molecule has 13 heavy (non-hydrogen) atoms. The monoisotopic (exact) mass is 235 g/mol. The molecule has 0 aliphatic heterocycles. The summed E-state index contributed by atoms with van der Waals surface area (Å²) in [5.41, 5.74) is 0.851. The second kappa shape index (κ2) is 4.61.